The van der Waals surface area contributed by atoms with E-state index in [2.05, 4.69) is 25.0 Å². The second-order valence-corrected chi connectivity index (χ2v) is 4.54. The van der Waals surface area contributed by atoms with Crippen LogP contribution in [0.25, 0.3) is 0 Å². The van der Waals surface area contributed by atoms with Crippen LogP contribution >= 0.6 is 0 Å². The lowest BCUT2D eigenvalue weighted by Gasteiger charge is -2.03. The molecule has 1 aliphatic rings. The number of ketones is 1. The number of Topliss-reactive ketones (excluding diaryl/α,β-unsaturated/α-hetero) is 1. The van der Waals surface area contributed by atoms with Gasteiger partial charge in [-0.2, -0.15) is 5.10 Å². The van der Waals surface area contributed by atoms with Crippen molar-refractivity contribution < 1.29 is 4.79 Å². The molecule has 0 aliphatic heterocycles. The zero-order valence-electron chi connectivity index (χ0n) is 10.2. The smallest absolute Gasteiger partial charge is 0.136 e. The third-order valence-electron chi connectivity index (χ3n) is 3.24. The second kappa shape index (κ2) is 4.81. The third kappa shape index (κ3) is 2.52. The van der Waals surface area contributed by atoms with Gasteiger partial charge in [0.25, 0.3) is 0 Å². The highest BCUT2D eigenvalue weighted by atomic mass is 16.1. The van der Waals surface area contributed by atoms with Crippen molar-refractivity contribution in [2.75, 3.05) is 0 Å². The summed E-state index contributed by atoms with van der Waals surface area (Å²) in [5.74, 6) is 0.838. The van der Waals surface area contributed by atoms with Crippen LogP contribution in [-0.2, 0) is 24.2 Å². The molecule has 0 radical (unpaired) electrons. The number of aryl methyl sites for hydroxylation is 3. The highest BCUT2D eigenvalue weighted by Gasteiger charge is 2.28. The molecule has 1 aliphatic carbocycles. The fourth-order valence-electron chi connectivity index (χ4n) is 2.02. The number of carbonyl (C=O) groups is 1. The van der Waals surface area contributed by atoms with Gasteiger partial charge in [-0.3, -0.25) is 9.48 Å². The van der Waals surface area contributed by atoms with Crippen LogP contribution in [0.2, 0.25) is 0 Å². The van der Waals surface area contributed by atoms with E-state index in [4.69, 9.17) is 0 Å². The van der Waals surface area contributed by atoms with Crippen molar-refractivity contribution in [3.63, 3.8) is 0 Å². The van der Waals surface area contributed by atoms with Crippen molar-refractivity contribution in [3.8, 4) is 0 Å². The molecule has 0 amide bonds. The molecule has 1 aromatic heterocycles. The van der Waals surface area contributed by atoms with Gasteiger partial charge in [0.2, 0.25) is 0 Å². The molecule has 0 N–H and O–H groups in total. The number of aromatic nitrogens is 2. The Morgan fingerprint density at radius 1 is 1.50 bits per heavy atom. The van der Waals surface area contributed by atoms with E-state index >= 15 is 0 Å². The molecule has 0 atom stereocenters. The van der Waals surface area contributed by atoms with E-state index in [-0.39, 0.29) is 0 Å². The van der Waals surface area contributed by atoms with Gasteiger partial charge in [0, 0.05) is 24.6 Å². The predicted octanol–water partition coefficient (Wildman–Crippen LogP) is 2.38. The van der Waals surface area contributed by atoms with Crippen molar-refractivity contribution >= 4 is 5.78 Å². The van der Waals surface area contributed by atoms with Crippen LogP contribution in [0, 0.1) is 5.92 Å². The molecule has 0 unspecified atom stereocenters. The van der Waals surface area contributed by atoms with Gasteiger partial charge in [-0.15, -0.1) is 0 Å². The average Bonchev–Trinajstić information content (AvgIpc) is 3.07. The van der Waals surface area contributed by atoms with Gasteiger partial charge in [0.1, 0.15) is 5.78 Å². The number of hydrogen-bond acceptors (Lipinski definition) is 2. The van der Waals surface area contributed by atoms with E-state index in [0.717, 1.165) is 37.9 Å². The summed E-state index contributed by atoms with van der Waals surface area (Å²) >= 11 is 0. The van der Waals surface area contributed by atoms with Gasteiger partial charge in [0.15, 0.2) is 0 Å². The molecular weight excluding hydrogens is 200 g/mol. The summed E-state index contributed by atoms with van der Waals surface area (Å²) in [5.41, 5.74) is 2.35. The molecule has 0 spiro atoms. The molecule has 0 saturated heterocycles. The molecule has 2 rings (SSSR count). The fraction of sp³-hybridized carbons (Fsp3) is 0.692. The lowest BCUT2D eigenvalue weighted by Crippen LogP contribution is -2.07. The normalized spacial score (nSPS) is 15.4. The van der Waals surface area contributed by atoms with Crippen LogP contribution in [0.15, 0.2) is 6.07 Å². The molecule has 0 bridgehead atoms. The summed E-state index contributed by atoms with van der Waals surface area (Å²) in [7, 11) is 0. The molecule has 16 heavy (non-hydrogen) atoms. The summed E-state index contributed by atoms with van der Waals surface area (Å²) in [6.45, 7) is 5.10. The highest BCUT2D eigenvalue weighted by molar-refractivity contribution is 5.83. The van der Waals surface area contributed by atoms with Gasteiger partial charge in [-0.25, -0.2) is 0 Å². The maximum atomic E-state index is 11.6. The number of hydrogen-bond donors (Lipinski definition) is 0. The quantitative estimate of drug-likeness (QED) is 0.737. The summed E-state index contributed by atoms with van der Waals surface area (Å²) in [6.07, 6.45) is 4.75. The number of carbonyl (C=O) groups excluding carboxylic acids is 1. The van der Waals surface area contributed by atoms with Crippen LogP contribution in [-0.4, -0.2) is 15.6 Å². The summed E-state index contributed by atoms with van der Waals surface area (Å²) in [4.78, 5) is 11.6. The zero-order chi connectivity index (χ0) is 11.5. The van der Waals surface area contributed by atoms with Crippen molar-refractivity contribution in [3.05, 3.63) is 17.5 Å². The number of rotatable bonds is 6. The summed E-state index contributed by atoms with van der Waals surface area (Å²) in [5, 5.41) is 4.49. The monoisotopic (exact) mass is 220 g/mol. The largest absolute Gasteiger partial charge is 0.299 e. The molecule has 1 saturated carbocycles. The van der Waals surface area contributed by atoms with Crippen molar-refractivity contribution in [2.45, 2.75) is 52.5 Å². The molecule has 1 heterocycles. The van der Waals surface area contributed by atoms with E-state index in [1.165, 1.54) is 5.69 Å². The van der Waals surface area contributed by atoms with Crippen molar-refractivity contribution in [1.29, 1.82) is 0 Å². The zero-order valence-corrected chi connectivity index (χ0v) is 10.2. The Morgan fingerprint density at radius 2 is 2.25 bits per heavy atom. The molecule has 1 fully saturated rings. The Hall–Kier alpha value is -1.12. The summed E-state index contributed by atoms with van der Waals surface area (Å²) < 4.78 is 2.03. The standard InChI is InChI=1S/C13H20N2O/c1-3-11-9-12(15(4-2)14-11)7-8-13(16)10-5-6-10/h9-10H,3-8H2,1-2H3. The maximum absolute atomic E-state index is 11.6. The average molecular weight is 220 g/mol. The van der Waals surface area contributed by atoms with Crippen molar-refractivity contribution in [1.82, 2.24) is 9.78 Å². The molecule has 1 aromatic rings. The molecule has 3 heteroatoms. The van der Waals surface area contributed by atoms with Gasteiger partial charge in [-0.1, -0.05) is 6.92 Å². The first kappa shape index (κ1) is 11.4. The molecule has 88 valence electrons. The number of nitrogens with zero attached hydrogens (tertiary/aromatic N) is 2. The summed E-state index contributed by atoms with van der Waals surface area (Å²) in [6, 6.07) is 2.14. The Bertz CT molecular complexity index is 377. The lowest BCUT2D eigenvalue weighted by molar-refractivity contribution is -0.120. The molecular formula is C13H20N2O. The van der Waals surface area contributed by atoms with Crippen LogP contribution in [0.4, 0.5) is 0 Å². The minimum atomic E-state index is 0.392. The van der Waals surface area contributed by atoms with E-state index in [1.807, 2.05) is 4.68 Å². The lowest BCUT2D eigenvalue weighted by atomic mass is 10.1. The fourth-order valence-corrected chi connectivity index (χ4v) is 2.02. The topological polar surface area (TPSA) is 34.9 Å². The van der Waals surface area contributed by atoms with E-state index < -0.39 is 0 Å². The maximum Gasteiger partial charge on any atom is 0.136 e. The Morgan fingerprint density at radius 3 is 2.81 bits per heavy atom. The van der Waals surface area contributed by atoms with Crippen LogP contribution in [0.1, 0.15) is 44.5 Å². The molecule has 0 aromatic carbocycles. The van der Waals surface area contributed by atoms with Crippen molar-refractivity contribution in [2.24, 2.45) is 5.92 Å². The van der Waals surface area contributed by atoms with Crippen LogP contribution in [0.5, 0.6) is 0 Å². The Kier molecular flexibility index (Phi) is 3.42. The minimum absolute atomic E-state index is 0.392. The van der Waals surface area contributed by atoms with Crippen LogP contribution < -0.4 is 0 Å². The second-order valence-electron chi connectivity index (χ2n) is 4.54. The first-order valence-corrected chi connectivity index (χ1v) is 6.32. The highest BCUT2D eigenvalue weighted by Crippen LogP contribution is 2.31. The SMILES string of the molecule is CCc1cc(CCC(=O)C2CC2)n(CC)n1. The van der Waals surface area contributed by atoms with Gasteiger partial charge >= 0.3 is 0 Å². The van der Waals surface area contributed by atoms with Gasteiger partial charge < -0.3 is 0 Å². The third-order valence-corrected chi connectivity index (χ3v) is 3.24. The molecule has 3 nitrogen and oxygen atoms in total. The van der Waals surface area contributed by atoms with E-state index in [0.29, 0.717) is 18.1 Å². The van der Waals surface area contributed by atoms with Gasteiger partial charge in [-0.05, 0) is 38.7 Å². The van der Waals surface area contributed by atoms with E-state index in [1.54, 1.807) is 0 Å². The van der Waals surface area contributed by atoms with Crippen LogP contribution in [0.3, 0.4) is 0 Å². The first-order valence-electron chi connectivity index (χ1n) is 6.32. The first-order chi connectivity index (χ1) is 7.74. The minimum Gasteiger partial charge on any atom is -0.299 e. The van der Waals surface area contributed by atoms with E-state index in [9.17, 15) is 4.79 Å². The van der Waals surface area contributed by atoms with Gasteiger partial charge in [0.05, 0.1) is 5.69 Å². The predicted molar refractivity (Wildman–Crippen MR) is 63.3 cm³/mol. The Labute approximate surface area is 96.8 Å². The Balaban J connectivity index is 1.96.